The number of hydrogen-bond acceptors (Lipinski definition) is 3. The Hall–Kier alpha value is -2.31. The van der Waals surface area contributed by atoms with E-state index in [2.05, 4.69) is 34.3 Å². The van der Waals surface area contributed by atoms with Gasteiger partial charge in [-0.05, 0) is 30.9 Å². The standard InChI is InChI=1S/C20H20N2O/c1-2-4-15(5-3-1)14-23-19-10-16(12-21-13-19)6-7-17-11-18-8-9-20(17)22-18/h1-5,10,12-13,17-18,20,22H,8-9,11,14H2. The summed E-state index contributed by atoms with van der Waals surface area (Å²) in [5, 5.41) is 3.62. The Morgan fingerprint density at radius 1 is 1.17 bits per heavy atom. The first-order valence-electron chi connectivity index (χ1n) is 8.26. The van der Waals surface area contributed by atoms with Crippen LogP contribution < -0.4 is 10.1 Å². The third-order valence-electron chi connectivity index (χ3n) is 4.66. The quantitative estimate of drug-likeness (QED) is 0.885. The molecule has 23 heavy (non-hydrogen) atoms. The van der Waals surface area contributed by atoms with Gasteiger partial charge in [0.2, 0.25) is 0 Å². The molecule has 2 bridgehead atoms. The number of nitrogens with one attached hydrogen (secondary N) is 1. The third kappa shape index (κ3) is 3.38. The zero-order valence-corrected chi connectivity index (χ0v) is 13.0. The van der Waals surface area contributed by atoms with Gasteiger partial charge < -0.3 is 10.1 Å². The van der Waals surface area contributed by atoms with E-state index in [1.165, 1.54) is 19.3 Å². The minimum absolute atomic E-state index is 0.489. The Kier molecular flexibility index (Phi) is 4.00. The van der Waals surface area contributed by atoms with Crippen LogP contribution in [0.3, 0.4) is 0 Å². The summed E-state index contributed by atoms with van der Waals surface area (Å²) < 4.78 is 5.81. The number of benzene rings is 1. The molecule has 0 saturated carbocycles. The average Bonchev–Trinajstić information content (AvgIpc) is 3.23. The molecule has 2 saturated heterocycles. The summed E-state index contributed by atoms with van der Waals surface area (Å²) >= 11 is 0. The van der Waals surface area contributed by atoms with Gasteiger partial charge in [-0.2, -0.15) is 0 Å². The molecule has 0 radical (unpaired) electrons. The van der Waals surface area contributed by atoms with Crippen LogP contribution in [0, 0.1) is 17.8 Å². The van der Waals surface area contributed by atoms with Crippen molar-refractivity contribution in [3.05, 3.63) is 59.9 Å². The second kappa shape index (κ2) is 6.44. The van der Waals surface area contributed by atoms with Crippen molar-refractivity contribution in [2.75, 3.05) is 0 Å². The highest BCUT2D eigenvalue weighted by Crippen LogP contribution is 2.32. The molecular formula is C20H20N2O. The van der Waals surface area contributed by atoms with Gasteiger partial charge in [0.25, 0.3) is 0 Å². The number of rotatable bonds is 3. The van der Waals surface area contributed by atoms with Gasteiger partial charge in [-0.1, -0.05) is 42.2 Å². The molecule has 2 aromatic rings. The van der Waals surface area contributed by atoms with Gasteiger partial charge in [0.05, 0.1) is 6.20 Å². The normalized spacial score (nSPS) is 25.0. The van der Waals surface area contributed by atoms with E-state index < -0.39 is 0 Å². The molecule has 0 amide bonds. The van der Waals surface area contributed by atoms with E-state index in [4.69, 9.17) is 4.74 Å². The molecule has 2 aliphatic heterocycles. The number of nitrogens with zero attached hydrogens (tertiary/aromatic N) is 1. The van der Waals surface area contributed by atoms with E-state index in [0.29, 0.717) is 24.6 Å². The number of fused-ring (bicyclic) bond motifs is 2. The lowest BCUT2D eigenvalue weighted by Crippen LogP contribution is -2.21. The summed E-state index contributed by atoms with van der Waals surface area (Å²) in [5.74, 6) is 7.96. The van der Waals surface area contributed by atoms with Crippen molar-refractivity contribution in [2.45, 2.75) is 38.0 Å². The Balaban J connectivity index is 1.40. The second-order valence-corrected chi connectivity index (χ2v) is 6.34. The zero-order chi connectivity index (χ0) is 15.5. The zero-order valence-electron chi connectivity index (χ0n) is 13.0. The molecule has 0 aliphatic carbocycles. The van der Waals surface area contributed by atoms with E-state index in [9.17, 15) is 0 Å². The fourth-order valence-electron chi connectivity index (χ4n) is 3.47. The van der Waals surface area contributed by atoms with Crippen LogP contribution in [0.5, 0.6) is 5.75 Å². The van der Waals surface area contributed by atoms with Crippen molar-refractivity contribution >= 4 is 0 Å². The van der Waals surface area contributed by atoms with Gasteiger partial charge >= 0.3 is 0 Å². The highest BCUT2D eigenvalue weighted by molar-refractivity contribution is 5.38. The van der Waals surface area contributed by atoms with Gasteiger partial charge in [-0.3, -0.25) is 4.98 Å². The Morgan fingerprint density at radius 3 is 2.87 bits per heavy atom. The lowest BCUT2D eigenvalue weighted by atomic mass is 9.89. The van der Waals surface area contributed by atoms with E-state index in [0.717, 1.165) is 16.9 Å². The van der Waals surface area contributed by atoms with Crippen LogP contribution in [0.1, 0.15) is 30.4 Å². The molecule has 4 rings (SSSR count). The summed E-state index contributed by atoms with van der Waals surface area (Å²) in [6.07, 6.45) is 7.32. The lowest BCUT2D eigenvalue weighted by Gasteiger charge is -2.13. The van der Waals surface area contributed by atoms with E-state index in [1.54, 1.807) is 6.20 Å². The number of aromatic nitrogens is 1. The lowest BCUT2D eigenvalue weighted by molar-refractivity contribution is 0.305. The summed E-state index contributed by atoms with van der Waals surface area (Å²) in [7, 11) is 0. The fourth-order valence-corrected chi connectivity index (χ4v) is 3.47. The van der Waals surface area contributed by atoms with Gasteiger partial charge in [-0.15, -0.1) is 0 Å². The minimum atomic E-state index is 0.489. The Morgan fingerprint density at radius 2 is 2.09 bits per heavy atom. The maximum absolute atomic E-state index is 5.81. The Bertz CT molecular complexity index is 732. The molecule has 3 heterocycles. The summed E-state index contributed by atoms with van der Waals surface area (Å²) in [4.78, 5) is 4.25. The molecule has 2 fully saturated rings. The van der Waals surface area contributed by atoms with Crippen molar-refractivity contribution in [3.8, 4) is 17.6 Å². The summed E-state index contributed by atoms with van der Waals surface area (Å²) in [6, 6.07) is 13.4. The minimum Gasteiger partial charge on any atom is -0.487 e. The topological polar surface area (TPSA) is 34.2 Å². The second-order valence-electron chi connectivity index (χ2n) is 6.34. The van der Waals surface area contributed by atoms with Crippen molar-refractivity contribution in [1.82, 2.24) is 10.3 Å². The Labute approximate surface area is 137 Å². The molecule has 1 aromatic heterocycles. The number of ether oxygens (including phenoxy) is 1. The average molecular weight is 304 g/mol. The molecular weight excluding hydrogens is 284 g/mol. The fraction of sp³-hybridized carbons (Fsp3) is 0.350. The molecule has 1 N–H and O–H groups in total. The van der Waals surface area contributed by atoms with Crippen molar-refractivity contribution < 1.29 is 4.74 Å². The molecule has 3 heteroatoms. The maximum atomic E-state index is 5.81. The van der Waals surface area contributed by atoms with Crippen LogP contribution in [0.25, 0.3) is 0 Å². The molecule has 0 spiro atoms. The maximum Gasteiger partial charge on any atom is 0.139 e. The third-order valence-corrected chi connectivity index (χ3v) is 4.66. The van der Waals surface area contributed by atoms with E-state index in [1.807, 2.05) is 30.5 Å². The highest BCUT2D eigenvalue weighted by Gasteiger charge is 2.37. The van der Waals surface area contributed by atoms with Crippen molar-refractivity contribution in [1.29, 1.82) is 0 Å². The van der Waals surface area contributed by atoms with Crippen LogP contribution >= 0.6 is 0 Å². The van der Waals surface area contributed by atoms with Crippen LogP contribution in [-0.4, -0.2) is 17.1 Å². The van der Waals surface area contributed by atoms with Crippen molar-refractivity contribution in [2.24, 2.45) is 5.92 Å². The molecule has 3 atom stereocenters. The predicted molar refractivity (Wildman–Crippen MR) is 89.9 cm³/mol. The van der Waals surface area contributed by atoms with Gasteiger partial charge in [0, 0.05) is 29.8 Å². The van der Waals surface area contributed by atoms with Gasteiger partial charge in [0.15, 0.2) is 0 Å². The van der Waals surface area contributed by atoms with Crippen LogP contribution in [0.4, 0.5) is 0 Å². The number of hydrogen-bond donors (Lipinski definition) is 1. The van der Waals surface area contributed by atoms with Crippen LogP contribution in [0.15, 0.2) is 48.8 Å². The predicted octanol–water partition coefficient (Wildman–Crippen LogP) is 3.15. The molecule has 3 nitrogen and oxygen atoms in total. The monoisotopic (exact) mass is 304 g/mol. The first-order chi connectivity index (χ1) is 11.4. The summed E-state index contributed by atoms with van der Waals surface area (Å²) in [5.41, 5.74) is 2.08. The van der Waals surface area contributed by atoms with Crippen molar-refractivity contribution in [3.63, 3.8) is 0 Å². The molecule has 116 valence electrons. The van der Waals surface area contributed by atoms with Crippen LogP contribution in [-0.2, 0) is 6.61 Å². The first kappa shape index (κ1) is 14.3. The smallest absolute Gasteiger partial charge is 0.139 e. The number of pyridine rings is 1. The van der Waals surface area contributed by atoms with E-state index in [-0.39, 0.29) is 0 Å². The summed E-state index contributed by atoms with van der Waals surface area (Å²) in [6.45, 7) is 0.551. The SMILES string of the molecule is C(#CC1CC2CCC1N2)c1cncc(OCc2ccccc2)c1. The molecule has 2 aliphatic rings. The van der Waals surface area contributed by atoms with Gasteiger partial charge in [0.1, 0.15) is 12.4 Å². The van der Waals surface area contributed by atoms with Gasteiger partial charge in [-0.25, -0.2) is 0 Å². The van der Waals surface area contributed by atoms with Crippen LogP contribution in [0.2, 0.25) is 0 Å². The van der Waals surface area contributed by atoms with E-state index >= 15 is 0 Å². The molecule has 1 aromatic carbocycles. The first-order valence-corrected chi connectivity index (χ1v) is 8.26. The molecule has 3 unspecified atom stereocenters. The largest absolute Gasteiger partial charge is 0.487 e. The highest BCUT2D eigenvalue weighted by atomic mass is 16.5.